The smallest absolute Gasteiger partial charge is 0.0809 e. The molecule has 0 aliphatic carbocycles. The average Bonchev–Trinajstić information content (AvgIpc) is 3.16. The minimum absolute atomic E-state index is 1.31. The third kappa shape index (κ3) is 5.44. The zero-order valence-electron chi connectivity index (χ0n) is 13.1. The van der Waals surface area contributed by atoms with Gasteiger partial charge in [-0.15, -0.1) is 59.3 Å². The Hall–Kier alpha value is -1.37. The maximum absolute atomic E-state index is 2.19. The van der Waals surface area contributed by atoms with Crippen LogP contribution in [0.25, 0.3) is 21.5 Å². The van der Waals surface area contributed by atoms with Crippen molar-refractivity contribution in [1.29, 1.82) is 0 Å². The molecule has 4 aromatic carbocycles. The Labute approximate surface area is 150 Å². The van der Waals surface area contributed by atoms with Gasteiger partial charge in [0.05, 0.1) is 0 Å². The summed E-state index contributed by atoms with van der Waals surface area (Å²) in [5.74, 6) is 0. The molecule has 4 aromatic rings. The molecule has 0 aliphatic heterocycles. The van der Waals surface area contributed by atoms with Gasteiger partial charge in [0, 0.05) is 0 Å². The van der Waals surface area contributed by atoms with Gasteiger partial charge in [0.2, 0.25) is 0 Å². The van der Waals surface area contributed by atoms with Crippen LogP contribution in [0, 0.1) is 0 Å². The van der Waals surface area contributed by atoms with Crippen molar-refractivity contribution in [2.75, 3.05) is 0 Å². The van der Waals surface area contributed by atoms with Gasteiger partial charge in [0.25, 0.3) is 0 Å². The number of rotatable bonds is 0. The van der Waals surface area contributed by atoms with Gasteiger partial charge in [0.1, 0.15) is 0 Å². The normalized spacial score (nSPS) is 9.77. The molecule has 0 bridgehead atoms. The van der Waals surface area contributed by atoms with Gasteiger partial charge in [0.15, 0.2) is 0 Å². The first-order chi connectivity index (χ1) is 10.7. The Morgan fingerprint density at radius 2 is 1.14 bits per heavy atom. The Kier molecular flexibility index (Phi) is 6.89. The number of fused-ring (bicyclic) bond motifs is 2. The van der Waals surface area contributed by atoms with Crippen LogP contribution in [0.2, 0.25) is 0 Å². The fraction of sp³-hybridized carbons (Fsp3) is 0.0500. The number of hydrogen-bond acceptors (Lipinski definition) is 0. The summed E-state index contributed by atoms with van der Waals surface area (Å²) < 4.78 is 1.65. The SMILES string of the molecule is C[C]([SiH3])=[Zr+2].c1ccc2[cH-]ccc2c1.c1ccc2[cH-]ccc2c1. The standard InChI is InChI=1S/2C9H7.C2H6Si.Zr/c2*1-2-5-9-7-3-6-8(9)4-1;1-2-3;/h2*1-7H;1,3H3;/q2*-1;;+2. The van der Waals surface area contributed by atoms with E-state index in [-0.39, 0.29) is 0 Å². The maximum atomic E-state index is 2.19. The minimum Gasteiger partial charge on any atom is -0.168 e. The molecule has 0 nitrogen and oxygen atoms in total. The van der Waals surface area contributed by atoms with Crippen LogP contribution in [-0.2, 0) is 24.2 Å². The second kappa shape index (κ2) is 8.92. The van der Waals surface area contributed by atoms with Crippen molar-refractivity contribution in [2.24, 2.45) is 0 Å². The Bertz CT molecular complexity index is 708. The van der Waals surface area contributed by atoms with E-state index in [1.165, 1.54) is 31.8 Å². The monoisotopic (exact) mass is 378 g/mol. The summed E-state index contributed by atoms with van der Waals surface area (Å²) >= 11 is 1.62. The van der Waals surface area contributed by atoms with Crippen molar-refractivity contribution in [3.05, 3.63) is 84.9 Å². The predicted molar refractivity (Wildman–Crippen MR) is 99.7 cm³/mol. The first kappa shape index (κ1) is 17.0. The first-order valence-electron chi connectivity index (χ1n) is 7.39. The predicted octanol–water partition coefficient (Wildman–Crippen LogP) is 4.17. The van der Waals surface area contributed by atoms with Gasteiger partial charge in [-0.25, -0.2) is 0 Å². The molecule has 0 radical (unpaired) electrons. The molecule has 108 valence electrons. The van der Waals surface area contributed by atoms with E-state index >= 15 is 0 Å². The Morgan fingerprint density at radius 3 is 1.50 bits per heavy atom. The molecule has 4 rings (SSSR count). The van der Waals surface area contributed by atoms with Crippen LogP contribution in [0.5, 0.6) is 0 Å². The molecule has 0 aromatic heterocycles. The van der Waals surface area contributed by atoms with E-state index < -0.39 is 0 Å². The zero-order chi connectivity index (χ0) is 15.8. The van der Waals surface area contributed by atoms with Crippen LogP contribution < -0.4 is 0 Å². The van der Waals surface area contributed by atoms with Crippen LogP contribution in [0.3, 0.4) is 0 Å². The van der Waals surface area contributed by atoms with Crippen molar-refractivity contribution in [3.63, 3.8) is 0 Å². The summed E-state index contributed by atoms with van der Waals surface area (Å²) in [6.45, 7) is 2.19. The van der Waals surface area contributed by atoms with E-state index in [2.05, 4.69) is 91.9 Å². The molecule has 2 heteroatoms. The van der Waals surface area contributed by atoms with Crippen molar-refractivity contribution in [2.45, 2.75) is 6.92 Å². The molecule has 0 spiro atoms. The quantitative estimate of drug-likeness (QED) is 0.318. The van der Waals surface area contributed by atoms with Gasteiger partial charge < -0.3 is 0 Å². The zero-order valence-corrected chi connectivity index (χ0v) is 17.5. The fourth-order valence-electron chi connectivity index (χ4n) is 2.14. The number of benzene rings is 2. The van der Waals surface area contributed by atoms with Crippen LogP contribution in [0.4, 0.5) is 0 Å². The van der Waals surface area contributed by atoms with Crippen molar-refractivity contribution in [1.82, 2.24) is 0 Å². The molecule has 0 fully saturated rings. The topological polar surface area (TPSA) is 0 Å². The Morgan fingerprint density at radius 1 is 0.773 bits per heavy atom. The van der Waals surface area contributed by atoms with Crippen molar-refractivity contribution in [3.8, 4) is 0 Å². The van der Waals surface area contributed by atoms with E-state index in [9.17, 15) is 0 Å². The molecule has 0 heterocycles. The Balaban J connectivity index is 0.000000131. The summed E-state index contributed by atoms with van der Waals surface area (Å²) in [5.41, 5.74) is 0. The van der Waals surface area contributed by atoms with Crippen molar-refractivity contribution >= 4 is 34.6 Å². The van der Waals surface area contributed by atoms with Crippen molar-refractivity contribution < 1.29 is 24.2 Å². The summed E-state index contributed by atoms with van der Waals surface area (Å²) in [7, 11) is 1.31. The largest absolute Gasteiger partial charge is 0.168 e. The third-order valence-electron chi connectivity index (χ3n) is 3.10. The average molecular weight is 380 g/mol. The van der Waals surface area contributed by atoms with Crippen LogP contribution in [-0.4, -0.2) is 13.1 Å². The van der Waals surface area contributed by atoms with E-state index in [1.807, 2.05) is 0 Å². The fourth-order valence-corrected chi connectivity index (χ4v) is 2.14. The molecule has 0 saturated carbocycles. The van der Waals surface area contributed by atoms with Crippen LogP contribution >= 0.6 is 0 Å². The molecule has 0 atom stereocenters. The molecule has 22 heavy (non-hydrogen) atoms. The summed E-state index contributed by atoms with van der Waals surface area (Å²) in [6.07, 6.45) is 0. The van der Waals surface area contributed by atoms with Gasteiger partial charge in [-0.3, -0.25) is 0 Å². The molecular weight excluding hydrogens is 360 g/mol. The van der Waals surface area contributed by atoms with E-state index in [0.29, 0.717) is 0 Å². The molecule has 0 aliphatic rings. The van der Waals surface area contributed by atoms with Gasteiger partial charge in [-0.2, -0.15) is 35.0 Å². The summed E-state index contributed by atoms with van der Waals surface area (Å²) in [6, 6.07) is 29.3. The maximum Gasteiger partial charge on any atom is -0.0809 e. The molecule has 0 saturated heterocycles. The molecular formula is C20H20SiZr. The summed E-state index contributed by atoms with van der Waals surface area (Å²) in [4.78, 5) is 0. The van der Waals surface area contributed by atoms with E-state index in [0.717, 1.165) is 0 Å². The first-order valence-corrected chi connectivity index (χ1v) is 9.62. The van der Waals surface area contributed by atoms with E-state index in [4.69, 9.17) is 0 Å². The van der Waals surface area contributed by atoms with E-state index in [1.54, 1.807) is 27.1 Å². The van der Waals surface area contributed by atoms with Gasteiger partial charge in [-0.05, 0) is 0 Å². The summed E-state index contributed by atoms with van der Waals surface area (Å²) in [5, 5.41) is 5.32. The third-order valence-corrected chi connectivity index (χ3v) is 3.10. The van der Waals surface area contributed by atoms with Gasteiger partial charge >= 0.3 is 44.2 Å². The van der Waals surface area contributed by atoms with Crippen LogP contribution in [0.1, 0.15) is 6.92 Å². The molecule has 0 unspecified atom stereocenters. The molecule has 0 N–H and O–H groups in total. The minimum atomic E-state index is 1.31. The second-order valence-electron chi connectivity index (χ2n) is 5.31. The number of hydrogen-bond donors (Lipinski definition) is 0. The van der Waals surface area contributed by atoms with Crippen LogP contribution in [0.15, 0.2) is 84.9 Å². The second-order valence-corrected chi connectivity index (χ2v) is 11.7. The molecule has 0 amide bonds. The van der Waals surface area contributed by atoms with Gasteiger partial charge in [-0.1, -0.05) is 12.1 Å².